The van der Waals surface area contributed by atoms with Crippen LogP contribution in [-0.4, -0.2) is 17.1 Å². The molecule has 2 heterocycles. The first kappa shape index (κ1) is 15.9. The van der Waals surface area contributed by atoms with Crippen molar-refractivity contribution in [1.82, 2.24) is 9.88 Å². The average Bonchev–Trinajstić information content (AvgIpc) is 3.22. The number of nitrogens with one attached hydrogen (secondary N) is 1. The standard InChI is InChI=1S/C19H20N2O3/c1-3-10-21-16-8-5-9-18(23-4-2)15(16)12-17(21)19(22)20-13-14-7-6-11-24-14/h3,5-9,11-12H,1,4,10,13H2,2H3,(H,20,22). The fourth-order valence-corrected chi connectivity index (χ4v) is 2.72. The maximum atomic E-state index is 12.6. The van der Waals surface area contributed by atoms with Gasteiger partial charge in [-0.15, -0.1) is 6.58 Å². The van der Waals surface area contributed by atoms with Crippen molar-refractivity contribution < 1.29 is 13.9 Å². The highest BCUT2D eigenvalue weighted by Crippen LogP contribution is 2.29. The van der Waals surface area contributed by atoms with E-state index in [1.807, 2.05) is 41.8 Å². The van der Waals surface area contributed by atoms with Gasteiger partial charge in [-0.3, -0.25) is 4.79 Å². The highest BCUT2D eigenvalue weighted by molar-refractivity contribution is 6.00. The van der Waals surface area contributed by atoms with Crippen molar-refractivity contribution in [3.63, 3.8) is 0 Å². The maximum absolute atomic E-state index is 12.6. The van der Waals surface area contributed by atoms with E-state index in [9.17, 15) is 4.79 Å². The Morgan fingerprint density at radius 3 is 2.96 bits per heavy atom. The smallest absolute Gasteiger partial charge is 0.268 e. The molecule has 0 aliphatic rings. The van der Waals surface area contributed by atoms with Gasteiger partial charge in [0, 0.05) is 11.9 Å². The van der Waals surface area contributed by atoms with E-state index in [4.69, 9.17) is 9.15 Å². The zero-order valence-corrected chi connectivity index (χ0v) is 13.6. The molecule has 3 rings (SSSR count). The van der Waals surface area contributed by atoms with Crippen molar-refractivity contribution in [3.8, 4) is 5.75 Å². The van der Waals surface area contributed by atoms with E-state index in [-0.39, 0.29) is 5.91 Å². The number of rotatable bonds is 7. The topological polar surface area (TPSA) is 56.4 Å². The van der Waals surface area contributed by atoms with E-state index in [2.05, 4.69) is 11.9 Å². The van der Waals surface area contributed by atoms with Gasteiger partial charge in [-0.25, -0.2) is 0 Å². The van der Waals surface area contributed by atoms with Crippen molar-refractivity contribution in [2.24, 2.45) is 0 Å². The van der Waals surface area contributed by atoms with E-state index in [0.717, 1.165) is 16.7 Å². The number of furan rings is 1. The Bertz CT molecular complexity index is 847. The molecule has 24 heavy (non-hydrogen) atoms. The summed E-state index contributed by atoms with van der Waals surface area (Å²) < 4.78 is 12.9. The van der Waals surface area contributed by atoms with Gasteiger partial charge in [-0.1, -0.05) is 12.1 Å². The van der Waals surface area contributed by atoms with Crippen molar-refractivity contribution in [3.05, 3.63) is 66.8 Å². The van der Waals surface area contributed by atoms with E-state index in [0.29, 0.717) is 31.2 Å². The highest BCUT2D eigenvalue weighted by Gasteiger charge is 2.17. The molecule has 0 radical (unpaired) electrons. The summed E-state index contributed by atoms with van der Waals surface area (Å²) in [5.41, 5.74) is 1.52. The fraction of sp³-hybridized carbons (Fsp3) is 0.211. The van der Waals surface area contributed by atoms with Crippen LogP contribution in [0.4, 0.5) is 0 Å². The van der Waals surface area contributed by atoms with Gasteiger partial charge in [0.2, 0.25) is 0 Å². The lowest BCUT2D eigenvalue weighted by atomic mass is 10.2. The van der Waals surface area contributed by atoms with Crippen molar-refractivity contribution in [2.75, 3.05) is 6.61 Å². The second-order valence-electron chi connectivity index (χ2n) is 5.31. The second kappa shape index (κ2) is 7.08. The van der Waals surface area contributed by atoms with Gasteiger partial charge in [0.05, 0.1) is 24.9 Å². The molecule has 1 aromatic carbocycles. The van der Waals surface area contributed by atoms with Gasteiger partial charge in [0.1, 0.15) is 17.2 Å². The Morgan fingerprint density at radius 2 is 2.25 bits per heavy atom. The number of ether oxygens (including phenoxy) is 1. The van der Waals surface area contributed by atoms with Gasteiger partial charge in [-0.05, 0) is 37.3 Å². The van der Waals surface area contributed by atoms with Crippen LogP contribution in [0.2, 0.25) is 0 Å². The van der Waals surface area contributed by atoms with Crippen LogP contribution >= 0.6 is 0 Å². The molecule has 0 aliphatic heterocycles. The summed E-state index contributed by atoms with van der Waals surface area (Å²) in [4.78, 5) is 12.6. The quantitative estimate of drug-likeness (QED) is 0.673. The summed E-state index contributed by atoms with van der Waals surface area (Å²) in [5, 5.41) is 3.80. The SMILES string of the molecule is C=CCn1c(C(=O)NCc2ccco2)cc2c(OCC)cccc21. The molecule has 3 aromatic rings. The summed E-state index contributed by atoms with van der Waals surface area (Å²) in [6.07, 6.45) is 3.36. The third kappa shape index (κ3) is 3.06. The zero-order valence-electron chi connectivity index (χ0n) is 13.6. The predicted octanol–water partition coefficient (Wildman–Crippen LogP) is 3.75. The molecular weight excluding hydrogens is 304 g/mol. The van der Waals surface area contributed by atoms with Crippen LogP contribution in [0.25, 0.3) is 10.9 Å². The van der Waals surface area contributed by atoms with Crippen LogP contribution in [0.5, 0.6) is 5.75 Å². The summed E-state index contributed by atoms with van der Waals surface area (Å²) >= 11 is 0. The monoisotopic (exact) mass is 324 g/mol. The molecule has 0 spiro atoms. The molecule has 0 saturated heterocycles. The van der Waals surface area contributed by atoms with Crippen molar-refractivity contribution in [2.45, 2.75) is 20.0 Å². The largest absolute Gasteiger partial charge is 0.493 e. The number of allylic oxidation sites excluding steroid dienone is 1. The molecule has 5 nitrogen and oxygen atoms in total. The lowest BCUT2D eigenvalue weighted by molar-refractivity contribution is 0.0939. The fourth-order valence-electron chi connectivity index (χ4n) is 2.72. The lowest BCUT2D eigenvalue weighted by Crippen LogP contribution is -2.25. The Hall–Kier alpha value is -2.95. The number of carbonyl (C=O) groups excluding carboxylic acids is 1. The van der Waals surface area contributed by atoms with Crippen molar-refractivity contribution >= 4 is 16.8 Å². The normalized spacial score (nSPS) is 10.7. The summed E-state index contributed by atoms with van der Waals surface area (Å²) in [5.74, 6) is 1.33. The molecule has 2 aromatic heterocycles. The minimum atomic E-state index is -0.160. The van der Waals surface area contributed by atoms with E-state index in [1.54, 1.807) is 18.4 Å². The van der Waals surface area contributed by atoms with Crippen LogP contribution < -0.4 is 10.1 Å². The first-order chi connectivity index (χ1) is 11.7. The Morgan fingerprint density at radius 1 is 1.38 bits per heavy atom. The van der Waals surface area contributed by atoms with Gasteiger partial charge < -0.3 is 19.0 Å². The minimum absolute atomic E-state index is 0.160. The number of hydrogen-bond donors (Lipinski definition) is 1. The molecule has 0 aliphatic carbocycles. The van der Waals surface area contributed by atoms with Gasteiger partial charge in [-0.2, -0.15) is 0 Å². The second-order valence-corrected chi connectivity index (χ2v) is 5.31. The zero-order chi connectivity index (χ0) is 16.9. The van der Waals surface area contributed by atoms with E-state index in [1.165, 1.54) is 0 Å². The number of carbonyl (C=O) groups is 1. The molecule has 0 fully saturated rings. The van der Waals surface area contributed by atoms with Gasteiger partial charge in [0.25, 0.3) is 5.91 Å². The number of fused-ring (bicyclic) bond motifs is 1. The van der Waals surface area contributed by atoms with Crippen LogP contribution in [0.3, 0.4) is 0 Å². The number of aromatic nitrogens is 1. The Labute approximate surface area is 140 Å². The highest BCUT2D eigenvalue weighted by atomic mass is 16.5. The molecule has 0 bridgehead atoms. The van der Waals surface area contributed by atoms with E-state index >= 15 is 0 Å². The third-order valence-corrected chi connectivity index (χ3v) is 3.75. The molecule has 1 N–H and O–H groups in total. The molecular formula is C19H20N2O3. The number of amides is 1. The Kier molecular flexibility index (Phi) is 4.70. The average molecular weight is 324 g/mol. The Balaban J connectivity index is 1.95. The predicted molar refractivity (Wildman–Crippen MR) is 93.2 cm³/mol. The number of nitrogens with zero attached hydrogens (tertiary/aromatic N) is 1. The molecule has 0 unspecified atom stereocenters. The van der Waals surface area contributed by atoms with Crippen molar-refractivity contribution in [1.29, 1.82) is 0 Å². The van der Waals surface area contributed by atoms with Crippen LogP contribution in [-0.2, 0) is 13.1 Å². The molecule has 5 heteroatoms. The first-order valence-electron chi connectivity index (χ1n) is 7.91. The molecule has 1 amide bonds. The van der Waals surface area contributed by atoms with Crippen LogP contribution in [0, 0.1) is 0 Å². The summed E-state index contributed by atoms with van der Waals surface area (Å²) in [6, 6.07) is 11.3. The summed E-state index contributed by atoms with van der Waals surface area (Å²) in [6.45, 7) is 7.20. The minimum Gasteiger partial charge on any atom is -0.493 e. The number of hydrogen-bond acceptors (Lipinski definition) is 3. The van der Waals surface area contributed by atoms with Gasteiger partial charge >= 0.3 is 0 Å². The summed E-state index contributed by atoms with van der Waals surface area (Å²) in [7, 11) is 0. The first-order valence-corrected chi connectivity index (χ1v) is 7.91. The van der Waals surface area contributed by atoms with Crippen LogP contribution in [0.15, 0.2) is 59.7 Å². The third-order valence-electron chi connectivity index (χ3n) is 3.75. The van der Waals surface area contributed by atoms with Crippen LogP contribution in [0.1, 0.15) is 23.2 Å². The maximum Gasteiger partial charge on any atom is 0.268 e. The lowest BCUT2D eigenvalue weighted by Gasteiger charge is -2.09. The number of benzene rings is 1. The van der Waals surface area contributed by atoms with E-state index < -0.39 is 0 Å². The van der Waals surface area contributed by atoms with Gasteiger partial charge in [0.15, 0.2) is 0 Å². The molecule has 0 saturated carbocycles. The molecule has 0 atom stereocenters. The molecule has 124 valence electrons.